The first-order valence-corrected chi connectivity index (χ1v) is 8.95. The average molecular weight is 325 g/mol. The van der Waals surface area contributed by atoms with Gasteiger partial charge in [-0.25, -0.2) is 4.39 Å². The van der Waals surface area contributed by atoms with Crippen LogP contribution in [0.4, 0.5) is 4.39 Å². The third kappa shape index (κ3) is 3.35. The van der Waals surface area contributed by atoms with Gasteiger partial charge in [-0.05, 0) is 68.1 Å². The van der Waals surface area contributed by atoms with Crippen molar-refractivity contribution in [3.05, 3.63) is 65.7 Å². The summed E-state index contributed by atoms with van der Waals surface area (Å²) in [5.41, 5.74) is 2.23. The molecular weight excluding hydrogens is 301 g/mol. The van der Waals surface area contributed by atoms with Crippen LogP contribution in [0.1, 0.15) is 42.9 Å². The molecule has 3 nitrogen and oxygen atoms in total. The van der Waals surface area contributed by atoms with Gasteiger partial charge >= 0.3 is 0 Å². The van der Waals surface area contributed by atoms with Crippen molar-refractivity contribution in [1.29, 1.82) is 0 Å². The van der Waals surface area contributed by atoms with Gasteiger partial charge in [0.1, 0.15) is 5.82 Å². The molecule has 0 amide bonds. The van der Waals surface area contributed by atoms with E-state index < -0.39 is 0 Å². The molecule has 0 radical (unpaired) electrons. The van der Waals surface area contributed by atoms with Crippen molar-refractivity contribution in [3.63, 3.8) is 0 Å². The summed E-state index contributed by atoms with van der Waals surface area (Å²) in [6.07, 6.45) is 8.74. The van der Waals surface area contributed by atoms with Gasteiger partial charge in [0.25, 0.3) is 0 Å². The molecule has 2 aliphatic rings. The van der Waals surface area contributed by atoms with Gasteiger partial charge < -0.3 is 10.2 Å². The Balaban J connectivity index is 1.55. The third-order valence-corrected chi connectivity index (χ3v) is 5.44. The molecule has 3 heterocycles. The maximum Gasteiger partial charge on any atom is 0.123 e. The number of rotatable bonds is 4. The zero-order chi connectivity index (χ0) is 16.4. The smallest absolute Gasteiger partial charge is 0.123 e. The van der Waals surface area contributed by atoms with Crippen molar-refractivity contribution in [2.75, 3.05) is 13.1 Å². The maximum atomic E-state index is 13.3. The van der Waals surface area contributed by atoms with E-state index >= 15 is 0 Å². The van der Waals surface area contributed by atoms with Gasteiger partial charge in [0.05, 0.1) is 6.04 Å². The Hall–Kier alpha value is -1.78. The standard InChI is InChI=1S/C20H24FN3/c21-17-7-5-15(6-8-17)20(16-3-1-10-22-14-16)23-18-9-12-24-11-2-4-19(24)13-18/h1,3,5-8,10,14,18-20,23H,2,4,9,11-13H2. The largest absolute Gasteiger partial charge is 0.303 e. The Bertz CT molecular complexity index is 658. The molecule has 24 heavy (non-hydrogen) atoms. The van der Waals surface area contributed by atoms with Crippen molar-refractivity contribution < 1.29 is 4.39 Å². The lowest BCUT2D eigenvalue weighted by atomic mass is 9.93. The molecule has 1 aromatic carbocycles. The lowest BCUT2D eigenvalue weighted by molar-refractivity contribution is 0.163. The molecule has 2 fully saturated rings. The van der Waals surface area contributed by atoms with Crippen molar-refractivity contribution in [1.82, 2.24) is 15.2 Å². The van der Waals surface area contributed by atoms with Gasteiger partial charge in [-0.1, -0.05) is 18.2 Å². The van der Waals surface area contributed by atoms with Gasteiger partial charge in [0.2, 0.25) is 0 Å². The third-order valence-electron chi connectivity index (χ3n) is 5.44. The van der Waals surface area contributed by atoms with Crippen LogP contribution in [0.3, 0.4) is 0 Å². The number of nitrogens with zero attached hydrogens (tertiary/aromatic N) is 2. The van der Waals surface area contributed by atoms with Crippen LogP contribution >= 0.6 is 0 Å². The van der Waals surface area contributed by atoms with E-state index in [1.54, 1.807) is 18.3 Å². The van der Waals surface area contributed by atoms with E-state index in [4.69, 9.17) is 0 Å². The van der Waals surface area contributed by atoms with E-state index in [0.29, 0.717) is 6.04 Å². The number of fused-ring (bicyclic) bond motifs is 1. The molecule has 0 spiro atoms. The minimum Gasteiger partial charge on any atom is -0.303 e. The van der Waals surface area contributed by atoms with Crippen LogP contribution in [0.25, 0.3) is 0 Å². The molecule has 1 aromatic heterocycles. The molecule has 4 heteroatoms. The quantitative estimate of drug-likeness (QED) is 0.932. The van der Waals surface area contributed by atoms with Crippen LogP contribution in [0.2, 0.25) is 0 Å². The van der Waals surface area contributed by atoms with Gasteiger partial charge in [-0.2, -0.15) is 0 Å². The van der Waals surface area contributed by atoms with Crippen LogP contribution in [0.15, 0.2) is 48.8 Å². The fraction of sp³-hybridized carbons (Fsp3) is 0.450. The molecule has 0 saturated carbocycles. The molecule has 3 atom stereocenters. The number of benzene rings is 1. The second-order valence-electron chi connectivity index (χ2n) is 6.99. The Kier molecular flexibility index (Phi) is 4.58. The van der Waals surface area contributed by atoms with E-state index in [0.717, 1.165) is 17.2 Å². The second kappa shape index (κ2) is 6.99. The summed E-state index contributed by atoms with van der Waals surface area (Å²) in [6, 6.07) is 12.2. The second-order valence-corrected chi connectivity index (χ2v) is 6.99. The molecule has 1 N–H and O–H groups in total. The number of pyridine rings is 1. The highest BCUT2D eigenvalue weighted by atomic mass is 19.1. The van der Waals surface area contributed by atoms with Crippen molar-refractivity contribution in [2.45, 2.75) is 43.8 Å². The van der Waals surface area contributed by atoms with Gasteiger partial charge in [-0.15, -0.1) is 0 Å². The molecule has 4 rings (SSSR count). The zero-order valence-electron chi connectivity index (χ0n) is 13.9. The van der Waals surface area contributed by atoms with Gasteiger partial charge in [-0.3, -0.25) is 4.98 Å². The molecule has 3 unspecified atom stereocenters. The summed E-state index contributed by atoms with van der Waals surface area (Å²) in [4.78, 5) is 6.91. The number of halogens is 1. The molecule has 0 bridgehead atoms. The van der Waals surface area contributed by atoms with Gasteiger partial charge in [0.15, 0.2) is 0 Å². The van der Waals surface area contributed by atoms with Crippen LogP contribution in [-0.2, 0) is 0 Å². The van der Waals surface area contributed by atoms with E-state index in [9.17, 15) is 4.39 Å². The minimum atomic E-state index is -0.192. The molecule has 0 aliphatic carbocycles. The Morgan fingerprint density at radius 2 is 1.96 bits per heavy atom. The molecular formula is C20H24FN3. The van der Waals surface area contributed by atoms with Crippen LogP contribution < -0.4 is 5.32 Å². The van der Waals surface area contributed by atoms with E-state index in [-0.39, 0.29) is 11.9 Å². The summed E-state index contributed by atoms with van der Waals surface area (Å²) in [5, 5.41) is 3.83. The highest BCUT2D eigenvalue weighted by Crippen LogP contribution is 2.30. The number of nitrogens with one attached hydrogen (secondary N) is 1. The van der Waals surface area contributed by atoms with Crippen LogP contribution in [0.5, 0.6) is 0 Å². The first kappa shape index (κ1) is 15.7. The van der Waals surface area contributed by atoms with Crippen molar-refractivity contribution >= 4 is 0 Å². The average Bonchev–Trinajstić information content (AvgIpc) is 3.09. The number of hydrogen-bond donors (Lipinski definition) is 1. The zero-order valence-corrected chi connectivity index (χ0v) is 13.9. The van der Waals surface area contributed by atoms with Crippen molar-refractivity contribution in [2.24, 2.45) is 0 Å². The summed E-state index contributed by atoms with van der Waals surface area (Å²) in [7, 11) is 0. The Morgan fingerprint density at radius 1 is 1.08 bits per heavy atom. The lowest BCUT2D eigenvalue weighted by Crippen LogP contribution is -2.46. The fourth-order valence-corrected chi connectivity index (χ4v) is 4.20. The normalized spacial score (nSPS) is 25.4. The highest BCUT2D eigenvalue weighted by molar-refractivity contribution is 5.30. The molecule has 2 aliphatic heterocycles. The highest BCUT2D eigenvalue weighted by Gasteiger charge is 2.32. The fourth-order valence-electron chi connectivity index (χ4n) is 4.20. The Labute approximate surface area is 142 Å². The summed E-state index contributed by atoms with van der Waals surface area (Å²) in [6.45, 7) is 2.45. The van der Waals surface area contributed by atoms with Crippen LogP contribution in [0, 0.1) is 5.82 Å². The minimum absolute atomic E-state index is 0.0669. The van der Waals surface area contributed by atoms with E-state index in [1.165, 1.54) is 38.8 Å². The monoisotopic (exact) mass is 325 g/mol. The molecule has 2 aromatic rings. The predicted octanol–water partition coefficient (Wildman–Crippen LogP) is 3.53. The van der Waals surface area contributed by atoms with E-state index in [2.05, 4.69) is 21.3 Å². The first-order valence-electron chi connectivity index (χ1n) is 8.95. The van der Waals surface area contributed by atoms with Crippen molar-refractivity contribution in [3.8, 4) is 0 Å². The summed E-state index contributed by atoms with van der Waals surface area (Å²) in [5.74, 6) is -0.192. The molecule has 2 saturated heterocycles. The topological polar surface area (TPSA) is 28.2 Å². The Morgan fingerprint density at radius 3 is 2.75 bits per heavy atom. The lowest BCUT2D eigenvalue weighted by Gasteiger charge is -2.37. The number of aromatic nitrogens is 1. The van der Waals surface area contributed by atoms with Crippen LogP contribution in [-0.4, -0.2) is 35.1 Å². The maximum absolute atomic E-state index is 13.3. The number of piperidine rings is 1. The summed E-state index contributed by atoms with van der Waals surface area (Å²) < 4.78 is 13.3. The SMILES string of the molecule is Fc1ccc(C(NC2CCN3CCCC3C2)c2cccnc2)cc1. The first-order chi connectivity index (χ1) is 11.8. The predicted molar refractivity (Wildman–Crippen MR) is 93.2 cm³/mol. The number of hydrogen-bond acceptors (Lipinski definition) is 3. The van der Waals surface area contributed by atoms with Gasteiger partial charge in [0, 0.05) is 24.5 Å². The summed E-state index contributed by atoms with van der Waals surface area (Å²) >= 11 is 0. The molecule has 126 valence electrons. The van der Waals surface area contributed by atoms with E-state index in [1.807, 2.05) is 24.4 Å².